The summed E-state index contributed by atoms with van der Waals surface area (Å²) in [7, 11) is 0. The molecule has 0 aliphatic heterocycles. The molecule has 0 bridgehead atoms. The quantitative estimate of drug-likeness (QED) is 0.723. The Hall–Kier alpha value is -2.75. The van der Waals surface area contributed by atoms with E-state index in [1.165, 1.54) is 0 Å². The lowest BCUT2D eigenvalue weighted by atomic mass is 10.1. The topological polar surface area (TPSA) is 47.8 Å². The SMILES string of the molecule is Cc1cnc(-c2cccnc2)cc1-n1c(C)cccc1=O. The summed E-state index contributed by atoms with van der Waals surface area (Å²) >= 11 is 0. The zero-order chi connectivity index (χ0) is 14.8. The first kappa shape index (κ1) is 13.2. The molecule has 3 rings (SSSR count). The molecule has 3 aromatic heterocycles. The van der Waals surface area contributed by atoms with Gasteiger partial charge in [-0.2, -0.15) is 0 Å². The minimum Gasteiger partial charge on any atom is -0.281 e. The maximum Gasteiger partial charge on any atom is 0.255 e. The molecule has 0 saturated carbocycles. The lowest BCUT2D eigenvalue weighted by Gasteiger charge is -2.13. The van der Waals surface area contributed by atoms with Gasteiger partial charge < -0.3 is 0 Å². The predicted molar refractivity (Wildman–Crippen MR) is 82.5 cm³/mol. The van der Waals surface area contributed by atoms with Crippen LogP contribution < -0.4 is 5.56 Å². The summed E-state index contributed by atoms with van der Waals surface area (Å²) < 4.78 is 1.71. The first-order chi connectivity index (χ1) is 10.2. The van der Waals surface area contributed by atoms with Crippen molar-refractivity contribution in [1.29, 1.82) is 0 Å². The highest BCUT2D eigenvalue weighted by molar-refractivity contribution is 5.61. The van der Waals surface area contributed by atoms with Crippen molar-refractivity contribution in [2.24, 2.45) is 0 Å². The Morgan fingerprint density at radius 3 is 2.62 bits per heavy atom. The second kappa shape index (κ2) is 5.32. The number of aromatic nitrogens is 3. The van der Waals surface area contributed by atoms with E-state index < -0.39 is 0 Å². The second-order valence-corrected chi connectivity index (χ2v) is 4.94. The zero-order valence-electron chi connectivity index (χ0n) is 11.9. The molecule has 0 spiro atoms. The smallest absolute Gasteiger partial charge is 0.255 e. The van der Waals surface area contributed by atoms with Gasteiger partial charge in [0, 0.05) is 35.9 Å². The summed E-state index contributed by atoms with van der Waals surface area (Å²) in [4.78, 5) is 20.7. The van der Waals surface area contributed by atoms with Crippen molar-refractivity contribution in [3.63, 3.8) is 0 Å². The van der Waals surface area contributed by atoms with Gasteiger partial charge >= 0.3 is 0 Å². The highest BCUT2D eigenvalue weighted by Crippen LogP contribution is 2.21. The van der Waals surface area contributed by atoms with Crippen molar-refractivity contribution in [3.8, 4) is 16.9 Å². The van der Waals surface area contributed by atoms with E-state index in [4.69, 9.17) is 0 Å². The lowest BCUT2D eigenvalue weighted by Crippen LogP contribution is -2.20. The van der Waals surface area contributed by atoms with Crippen LogP contribution >= 0.6 is 0 Å². The van der Waals surface area contributed by atoms with Gasteiger partial charge in [0.25, 0.3) is 5.56 Å². The number of pyridine rings is 3. The Balaban J connectivity index is 2.22. The zero-order valence-corrected chi connectivity index (χ0v) is 11.9. The highest BCUT2D eigenvalue weighted by Gasteiger charge is 2.09. The first-order valence-corrected chi connectivity index (χ1v) is 6.73. The monoisotopic (exact) mass is 277 g/mol. The Morgan fingerprint density at radius 1 is 1.05 bits per heavy atom. The van der Waals surface area contributed by atoms with Crippen molar-refractivity contribution >= 4 is 0 Å². The van der Waals surface area contributed by atoms with Crippen LogP contribution in [0, 0.1) is 13.8 Å². The Labute approximate surface area is 122 Å². The van der Waals surface area contributed by atoms with E-state index in [2.05, 4.69) is 9.97 Å². The molecule has 3 heterocycles. The predicted octanol–water partition coefficient (Wildman–Crippen LogP) is 2.91. The van der Waals surface area contributed by atoms with Gasteiger partial charge in [0.05, 0.1) is 11.4 Å². The normalized spacial score (nSPS) is 10.6. The number of hydrogen-bond donors (Lipinski definition) is 0. The molecule has 104 valence electrons. The van der Waals surface area contributed by atoms with Crippen LogP contribution in [0.15, 0.2) is 59.8 Å². The number of rotatable bonds is 2. The summed E-state index contributed by atoms with van der Waals surface area (Å²) in [5.74, 6) is 0. The van der Waals surface area contributed by atoms with Gasteiger partial charge in [-0.3, -0.25) is 19.3 Å². The van der Waals surface area contributed by atoms with Crippen LogP contribution in [0.2, 0.25) is 0 Å². The number of hydrogen-bond acceptors (Lipinski definition) is 3. The minimum atomic E-state index is -0.0403. The fraction of sp³-hybridized carbons (Fsp3) is 0.118. The van der Waals surface area contributed by atoms with Crippen LogP contribution in [0.5, 0.6) is 0 Å². The Morgan fingerprint density at radius 2 is 1.90 bits per heavy atom. The fourth-order valence-electron chi connectivity index (χ4n) is 2.33. The van der Waals surface area contributed by atoms with Crippen LogP contribution in [0.25, 0.3) is 16.9 Å². The van der Waals surface area contributed by atoms with E-state index in [9.17, 15) is 4.79 Å². The maximum atomic E-state index is 12.2. The van der Waals surface area contributed by atoms with Crippen LogP contribution in [0.1, 0.15) is 11.3 Å². The van der Waals surface area contributed by atoms with Crippen molar-refractivity contribution in [1.82, 2.24) is 14.5 Å². The molecule has 0 radical (unpaired) electrons. The molecule has 0 fully saturated rings. The molecule has 3 aromatic rings. The van der Waals surface area contributed by atoms with Gasteiger partial charge in [0.2, 0.25) is 0 Å². The van der Waals surface area contributed by atoms with Crippen LogP contribution in [0.4, 0.5) is 0 Å². The third-order valence-corrected chi connectivity index (χ3v) is 3.42. The van der Waals surface area contributed by atoms with Crippen LogP contribution in [-0.4, -0.2) is 14.5 Å². The summed E-state index contributed by atoms with van der Waals surface area (Å²) in [6.07, 6.45) is 5.28. The van der Waals surface area contributed by atoms with E-state index in [0.29, 0.717) is 0 Å². The lowest BCUT2D eigenvalue weighted by molar-refractivity contribution is 0.921. The molecular formula is C17H15N3O. The maximum absolute atomic E-state index is 12.2. The van der Waals surface area contributed by atoms with Gasteiger partial charge in [-0.25, -0.2) is 0 Å². The molecule has 0 aliphatic carbocycles. The molecule has 0 aromatic carbocycles. The Kier molecular flexibility index (Phi) is 3.36. The molecule has 4 nitrogen and oxygen atoms in total. The fourth-order valence-corrected chi connectivity index (χ4v) is 2.33. The van der Waals surface area contributed by atoms with Crippen LogP contribution in [0.3, 0.4) is 0 Å². The molecule has 0 N–H and O–H groups in total. The van der Waals surface area contributed by atoms with E-state index in [1.807, 2.05) is 38.1 Å². The molecule has 0 aliphatic rings. The molecule has 0 atom stereocenters. The largest absolute Gasteiger partial charge is 0.281 e. The first-order valence-electron chi connectivity index (χ1n) is 6.73. The van der Waals surface area contributed by atoms with Gasteiger partial charge in [0.1, 0.15) is 0 Å². The van der Waals surface area contributed by atoms with E-state index >= 15 is 0 Å². The van der Waals surface area contributed by atoms with Crippen LogP contribution in [-0.2, 0) is 0 Å². The summed E-state index contributed by atoms with van der Waals surface area (Å²) in [6, 6.07) is 11.0. The molecule has 0 unspecified atom stereocenters. The third-order valence-electron chi connectivity index (χ3n) is 3.42. The average molecular weight is 277 g/mol. The van der Waals surface area contributed by atoms with Crippen molar-refractivity contribution in [2.75, 3.05) is 0 Å². The number of aryl methyl sites for hydroxylation is 2. The van der Waals surface area contributed by atoms with Crippen molar-refractivity contribution in [2.45, 2.75) is 13.8 Å². The standard InChI is InChI=1S/C17H15N3O/c1-12-10-19-15(14-6-4-8-18-11-14)9-16(12)20-13(2)5-3-7-17(20)21/h3-11H,1-2H3. The summed E-state index contributed by atoms with van der Waals surface area (Å²) in [6.45, 7) is 3.87. The van der Waals surface area contributed by atoms with Crippen molar-refractivity contribution < 1.29 is 0 Å². The summed E-state index contributed by atoms with van der Waals surface area (Å²) in [5, 5.41) is 0. The van der Waals surface area contributed by atoms with Gasteiger partial charge in [-0.15, -0.1) is 0 Å². The van der Waals surface area contributed by atoms with Gasteiger partial charge in [0.15, 0.2) is 0 Å². The minimum absolute atomic E-state index is 0.0403. The average Bonchev–Trinajstić information content (AvgIpc) is 2.50. The Bertz CT molecular complexity index is 838. The molecule has 21 heavy (non-hydrogen) atoms. The second-order valence-electron chi connectivity index (χ2n) is 4.94. The molecule has 4 heteroatoms. The molecule has 0 amide bonds. The number of nitrogens with zero attached hydrogens (tertiary/aromatic N) is 3. The van der Waals surface area contributed by atoms with Gasteiger partial charge in [-0.05, 0) is 43.7 Å². The van der Waals surface area contributed by atoms with E-state index in [1.54, 1.807) is 35.3 Å². The molecular weight excluding hydrogens is 262 g/mol. The molecule has 0 saturated heterocycles. The van der Waals surface area contributed by atoms with Crippen molar-refractivity contribution in [3.05, 3.63) is 76.6 Å². The van der Waals surface area contributed by atoms with Gasteiger partial charge in [-0.1, -0.05) is 6.07 Å². The highest BCUT2D eigenvalue weighted by atomic mass is 16.1. The van der Waals surface area contributed by atoms with E-state index in [0.717, 1.165) is 28.2 Å². The van der Waals surface area contributed by atoms with E-state index in [-0.39, 0.29) is 5.56 Å². The summed E-state index contributed by atoms with van der Waals surface area (Å²) in [5.41, 5.74) is 4.40. The third kappa shape index (κ3) is 2.48.